The van der Waals surface area contributed by atoms with E-state index in [1.807, 2.05) is 39.0 Å². The van der Waals surface area contributed by atoms with Crippen molar-refractivity contribution in [2.24, 2.45) is 0 Å². The molecule has 0 fully saturated rings. The first-order chi connectivity index (χ1) is 11.0. The second kappa shape index (κ2) is 6.37. The summed E-state index contributed by atoms with van der Waals surface area (Å²) in [4.78, 5) is 15.7. The Hall–Kier alpha value is -2.41. The van der Waals surface area contributed by atoms with Crippen molar-refractivity contribution in [2.75, 3.05) is 11.9 Å². The van der Waals surface area contributed by atoms with Crippen LogP contribution in [0, 0.1) is 0 Å². The third-order valence-electron chi connectivity index (χ3n) is 3.68. The number of hydrogen-bond donors (Lipinski definition) is 2. The fourth-order valence-corrected chi connectivity index (χ4v) is 2.31. The van der Waals surface area contributed by atoms with Crippen LogP contribution in [-0.4, -0.2) is 22.7 Å². The summed E-state index contributed by atoms with van der Waals surface area (Å²) < 4.78 is 10.5. The van der Waals surface area contributed by atoms with Crippen molar-refractivity contribution in [1.82, 2.24) is 15.5 Å². The third-order valence-corrected chi connectivity index (χ3v) is 3.68. The van der Waals surface area contributed by atoms with E-state index < -0.39 is 0 Å². The molecule has 2 heterocycles. The van der Waals surface area contributed by atoms with Gasteiger partial charge in [0.1, 0.15) is 5.75 Å². The zero-order valence-electron chi connectivity index (χ0n) is 13.4. The number of anilines is 1. The highest BCUT2D eigenvalue weighted by Crippen LogP contribution is 2.30. The van der Waals surface area contributed by atoms with Gasteiger partial charge in [0.2, 0.25) is 5.89 Å². The van der Waals surface area contributed by atoms with Crippen molar-refractivity contribution in [3.05, 3.63) is 35.5 Å². The van der Waals surface area contributed by atoms with Gasteiger partial charge in [-0.1, -0.05) is 25.1 Å². The summed E-state index contributed by atoms with van der Waals surface area (Å²) in [7, 11) is 0. The number of hydrogen-bond acceptors (Lipinski definition) is 6. The topological polar surface area (TPSA) is 89.3 Å². The molecule has 3 rings (SSSR count). The Morgan fingerprint density at radius 2 is 2.17 bits per heavy atom. The molecule has 1 amide bonds. The van der Waals surface area contributed by atoms with Crippen LogP contribution < -0.4 is 15.4 Å². The molecule has 1 aromatic heterocycles. The Morgan fingerprint density at radius 1 is 1.35 bits per heavy atom. The largest absolute Gasteiger partial charge is 0.482 e. The molecular weight excluding hydrogens is 296 g/mol. The standard InChI is InChI=1S/C16H20N4O3/c1-9(2)16-19-14(20-23-16)7-17-10(3)11-4-5-13-12(6-11)18-15(21)8-22-13/h4-6,9-10,17H,7-8H2,1-3H3,(H,18,21). The maximum absolute atomic E-state index is 11.4. The zero-order chi connectivity index (χ0) is 16.4. The van der Waals surface area contributed by atoms with Gasteiger partial charge in [-0.25, -0.2) is 0 Å². The summed E-state index contributed by atoms with van der Waals surface area (Å²) in [6.07, 6.45) is 0. The Labute approximate surface area is 134 Å². The highest BCUT2D eigenvalue weighted by molar-refractivity contribution is 5.95. The normalized spacial score (nSPS) is 15.0. The van der Waals surface area contributed by atoms with Crippen LogP contribution in [0.25, 0.3) is 0 Å². The molecule has 1 aliphatic rings. The lowest BCUT2D eigenvalue weighted by Crippen LogP contribution is -2.26. The average Bonchev–Trinajstić information content (AvgIpc) is 3.01. The summed E-state index contributed by atoms with van der Waals surface area (Å²) in [5.41, 5.74) is 1.75. The van der Waals surface area contributed by atoms with Gasteiger partial charge in [0.15, 0.2) is 12.4 Å². The van der Waals surface area contributed by atoms with E-state index in [9.17, 15) is 4.79 Å². The molecule has 23 heavy (non-hydrogen) atoms. The minimum absolute atomic E-state index is 0.0656. The highest BCUT2D eigenvalue weighted by atomic mass is 16.5. The lowest BCUT2D eigenvalue weighted by molar-refractivity contribution is -0.118. The molecule has 0 bridgehead atoms. The lowest BCUT2D eigenvalue weighted by atomic mass is 10.1. The van der Waals surface area contributed by atoms with E-state index in [0.29, 0.717) is 29.7 Å². The highest BCUT2D eigenvalue weighted by Gasteiger charge is 2.18. The van der Waals surface area contributed by atoms with E-state index in [4.69, 9.17) is 9.26 Å². The van der Waals surface area contributed by atoms with E-state index >= 15 is 0 Å². The molecule has 122 valence electrons. The third kappa shape index (κ3) is 3.50. The molecule has 7 heteroatoms. The molecule has 2 aromatic rings. The Kier molecular flexibility index (Phi) is 4.29. The van der Waals surface area contributed by atoms with Crippen molar-refractivity contribution < 1.29 is 14.1 Å². The van der Waals surface area contributed by atoms with Gasteiger partial charge in [0, 0.05) is 12.0 Å². The smallest absolute Gasteiger partial charge is 0.262 e. The number of carbonyl (C=O) groups is 1. The maximum atomic E-state index is 11.4. The van der Waals surface area contributed by atoms with Gasteiger partial charge in [-0.2, -0.15) is 4.98 Å². The molecular formula is C16H20N4O3. The molecule has 1 aromatic carbocycles. The van der Waals surface area contributed by atoms with Crippen LogP contribution in [0.15, 0.2) is 22.7 Å². The van der Waals surface area contributed by atoms with E-state index in [-0.39, 0.29) is 24.5 Å². The van der Waals surface area contributed by atoms with Crippen molar-refractivity contribution >= 4 is 11.6 Å². The summed E-state index contributed by atoms with van der Waals surface area (Å²) in [6, 6.07) is 5.83. The van der Waals surface area contributed by atoms with Crippen LogP contribution >= 0.6 is 0 Å². The molecule has 0 saturated carbocycles. The van der Waals surface area contributed by atoms with E-state index in [1.165, 1.54) is 0 Å². The van der Waals surface area contributed by atoms with Gasteiger partial charge in [-0.05, 0) is 24.6 Å². The number of rotatable bonds is 5. The minimum Gasteiger partial charge on any atom is -0.482 e. The Morgan fingerprint density at radius 3 is 2.91 bits per heavy atom. The number of carbonyl (C=O) groups excluding carboxylic acids is 1. The van der Waals surface area contributed by atoms with E-state index in [1.54, 1.807) is 0 Å². The van der Waals surface area contributed by atoms with Crippen LogP contribution in [-0.2, 0) is 11.3 Å². The summed E-state index contributed by atoms with van der Waals surface area (Å²) in [5, 5.41) is 10.1. The van der Waals surface area contributed by atoms with Crippen LogP contribution in [0.3, 0.4) is 0 Å². The maximum Gasteiger partial charge on any atom is 0.262 e. The predicted octanol–water partition coefficient (Wildman–Crippen LogP) is 2.37. The summed E-state index contributed by atoms with van der Waals surface area (Å²) in [5.74, 6) is 2.06. The second-order valence-corrected chi connectivity index (χ2v) is 5.90. The molecule has 0 spiro atoms. The molecule has 0 aliphatic carbocycles. The van der Waals surface area contributed by atoms with E-state index in [0.717, 1.165) is 5.56 Å². The SMILES string of the molecule is CC(C)c1nc(CNC(C)c2ccc3c(c2)NC(=O)CO3)no1. The quantitative estimate of drug-likeness (QED) is 0.880. The van der Waals surface area contributed by atoms with Gasteiger partial charge in [0.25, 0.3) is 5.91 Å². The van der Waals surface area contributed by atoms with Crippen LogP contribution in [0.1, 0.15) is 50.0 Å². The first-order valence-electron chi connectivity index (χ1n) is 7.65. The minimum atomic E-state index is -0.136. The molecule has 2 N–H and O–H groups in total. The average molecular weight is 316 g/mol. The van der Waals surface area contributed by atoms with Gasteiger partial charge in [0.05, 0.1) is 12.2 Å². The monoisotopic (exact) mass is 316 g/mol. The van der Waals surface area contributed by atoms with Crippen LogP contribution in [0.4, 0.5) is 5.69 Å². The Balaban J connectivity index is 1.64. The molecule has 7 nitrogen and oxygen atoms in total. The van der Waals surface area contributed by atoms with Crippen molar-refractivity contribution in [1.29, 1.82) is 0 Å². The molecule has 1 unspecified atom stereocenters. The number of aromatic nitrogens is 2. The fraction of sp³-hybridized carbons (Fsp3) is 0.438. The van der Waals surface area contributed by atoms with Crippen LogP contribution in [0.2, 0.25) is 0 Å². The van der Waals surface area contributed by atoms with Crippen molar-refractivity contribution in [2.45, 2.75) is 39.3 Å². The van der Waals surface area contributed by atoms with Gasteiger partial charge < -0.3 is 19.9 Å². The first kappa shape index (κ1) is 15.5. The summed E-state index contributed by atoms with van der Waals surface area (Å²) >= 11 is 0. The van der Waals surface area contributed by atoms with Crippen LogP contribution in [0.5, 0.6) is 5.75 Å². The van der Waals surface area contributed by atoms with Gasteiger partial charge >= 0.3 is 0 Å². The lowest BCUT2D eigenvalue weighted by Gasteiger charge is -2.20. The number of nitrogens with zero attached hydrogens (tertiary/aromatic N) is 2. The molecule has 1 atom stereocenters. The molecule has 0 radical (unpaired) electrons. The number of fused-ring (bicyclic) bond motifs is 1. The van der Waals surface area contributed by atoms with Crippen molar-refractivity contribution in [3.8, 4) is 5.75 Å². The van der Waals surface area contributed by atoms with E-state index in [2.05, 4.69) is 20.8 Å². The Bertz CT molecular complexity index is 711. The zero-order valence-corrected chi connectivity index (χ0v) is 13.4. The molecule has 0 saturated heterocycles. The number of benzene rings is 1. The van der Waals surface area contributed by atoms with Crippen molar-refractivity contribution in [3.63, 3.8) is 0 Å². The van der Waals surface area contributed by atoms with Gasteiger partial charge in [-0.3, -0.25) is 4.79 Å². The second-order valence-electron chi connectivity index (χ2n) is 5.90. The van der Waals surface area contributed by atoms with Gasteiger partial charge in [-0.15, -0.1) is 0 Å². The number of nitrogens with one attached hydrogen (secondary N) is 2. The fourth-order valence-electron chi connectivity index (χ4n) is 2.31. The number of ether oxygens (including phenoxy) is 1. The summed E-state index contributed by atoms with van der Waals surface area (Å²) in [6.45, 7) is 6.64. The number of amides is 1. The predicted molar refractivity (Wildman–Crippen MR) is 84.2 cm³/mol. The first-order valence-corrected chi connectivity index (χ1v) is 7.65. The molecule has 1 aliphatic heterocycles.